The molecule has 1 heterocycles. The predicted octanol–water partition coefficient (Wildman–Crippen LogP) is 3.97. The fourth-order valence-corrected chi connectivity index (χ4v) is 3.30. The molecular weight excluding hydrogens is 446 g/mol. The van der Waals surface area contributed by atoms with Gasteiger partial charge in [-0.3, -0.25) is 4.79 Å². The molecule has 2 aromatic rings. The Morgan fingerprint density at radius 2 is 2.00 bits per heavy atom. The van der Waals surface area contributed by atoms with Gasteiger partial charge in [-0.2, -0.15) is 5.10 Å². The first-order chi connectivity index (χ1) is 13.5. The number of carbonyl (C=O) groups is 2. The summed E-state index contributed by atoms with van der Waals surface area (Å²) in [6, 6.07) is 12.2. The molecule has 1 fully saturated rings. The third-order valence-electron chi connectivity index (χ3n) is 3.50. The summed E-state index contributed by atoms with van der Waals surface area (Å²) in [5, 5.41) is 11.0. The fraction of sp³-hybridized carbons (Fsp3) is 0.158. The summed E-state index contributed by atoms with van der Waals surface area (Å²) >= 11 is 4.79. The van der Waals surface area contributed by atoms with Crippen molar-refractivity contribution in [2.75, 3.05) is 12.4 Å². The number of hydrogen-bond acceptors (Lipinski definition) is 7. The van der Waals surface area contributed by atoms with Crippen molar-refractivity contribution >= 4 is 51.0 Å². The van der Waals surface area contributed by atoms with Crippen molar-refractivity contribution in [1.82, 2.24) is 5.32 Å². The summed E-state index contributed by atoms with van der Waals surface area (Å²) in [6.07, 6.45) is 1.58. The van der Waals surface area contributed by atoms with Crippen molar-refractivity contribution in [2.45, 2.75) is 6.92 Å². The predicted molar refractivity (Wildman–Crippen MR) is 112 cm³/mol. The van der Waals surface area contributed by atoms with Crippen LogP contribution in [0, 0.1) is 0 Å². The zero-order valence-electron chi connectivity index (χ0n) is 14.8. The maximum atomic E-state index is 11.7. The van der Waals surface area contributed by atoms with E-state index in [0.717, 1.165) is 10.0 Å². The number of carbonyl (C=O) groups excluding carboxylic acids is 2. The van der Waals surface area contributed by atoms with Gasteiger partial charge in [0.05, 0.1) is 24.1 Å². The van der Waals surface area contributed by atoms with Crippen LogP contribution < -0.4 is 10.1 Å². The van der Waals surface area contributed by atoms with Gasteiger partial charge in [0.15, 0.2) is 5.17 Å². The monoisotopic (exact) mass is 461 g/mol. The molecule has 28 heavy (non-hydrogen) atoms. The topological polar surface area (TPSA) is 89.3 Å². The Bertz CT molecular complexity index is 945. The highest BCUT2D eigenvalue weighted by molar-refractivity contribution is 9.10. The van der Waals surface area contributed by atoms with E-state index in [-0.39, 0.29) is 11.9 Å². The van der Waals surface area contributed by atoms with E-state index in [1.165, 1.54) is 11.8 Å². The van der Waals surface area contributed by atoms with Crippen LogP contribution in [0.4, 0.5) is 0 Å². The molecule has 7 nitrogen and oxygen atoms in total. The van der Waals surface area contributed by atoms with Crippen molar-refractivity contribution in [3.8, 4) is 11.5 Å². The summed E-state index contributed by atoms with van der Waals surface area (Å²) in [6.45, 7) is 2.10. The average molecular weight is 462 g/mol. The second-order valence-electron chi connectivity index (χ2n) is 5.52. The standard InChI is InChI=1S/C19H16BrN3O4S/c1-2-26-18(25)12-3-6-14(7-4-12)27-15-8-5-13(16(20)9-15)10-21-23-19-22-17(24)11-28-19/h3-10H,2,11H2,1H3,(H,22,23,24). The summed E-state index contributed by atoms with van der Waals surface area (Å²) in [7, 11) is 0. The Hall–Kier alpha value is -2.65. The maximum absolute atomic E-state index is 11.7. The number of amidine groups is 1. The van der Waals surface area contributed by atoms with Crippen molar-refractivity contribution in [2.24, 2.45) is 10.2 Å². The number of esters is 1. The number of thioether (sulfide) groups is 1. The molecule has 3 rings (SSSR count). The second kappa shape index (κ2) is 9.52. The van der Waals surface area contributed by atoms with E-state index in [0.29, 0.717) is 34.6 Å². The third-order valence-corrected chi connectivity index (χ3v) is 5.06. The van der Waals surface area contributed by atoms with Crippen LogP contribution in [0.15, 0.2) is 57.1 Å². The number of ether oxygens (including phenoxy) is 2. The summed E-state index contributed by atoms with van der Waals surface area (Å²) in [5.74, 6) is 1.15. The highest BCUT2D eigenvalue weighted by atomic mass is 79.9. The minimum atomic E-state index is -0.361. The fourth-order valence-electron chi connectivity index (χ4n) is 2.21. The molecule has 0 unspecified atom stereocenters. The van der Waals surface area contributed by atoms with E-state index in [1.807, 2.05) is 6.07 Å². The van der Waals surface area contributed by atoms with E-state index in [9.17, 15) is 9.59 Å². The molecule has 1 amide bonds. The van der Waals surface area contributed by atoms with E-state index in [2.05, 4.69) is 31.4 Å². The second-order valence-corrected chi connectivity index (χ2v) is 7.34. The molecule has 1 aliphatic rings. The Labute approximate surface area is 174 Å². The zero-order valence-corrected chi connectivity index (χ0v) is 17.2. The molecule has 0 bridgehead atoms. The number of nitrogens with zero attached hydrogens (tertiary/aromatic N) is 2. The number of nitrogens with one attached hydrogen (secondary N) is 1. The largest absolute Gasteiger partial charge is 0.462 e. The lowest BCUT2D eigenvalue weighted by Gasteiger charge is -2.08. The first-order valence-electron chi connectivity index (χ1n) is 8.33. The van der Waals surface area contributed by atoms with Crippen LogP contribution in [-0.2, 0) is 9.53 Å². The van der Waals surface area contributed by atoms with Gasteiger partial charge in [-0.15, -0.1) is 5.10 Å². The lowest BCUT2D eigenvalue weighted by Crippen LogP contribution is -2.19. The lowest BCUT2D eigenvalue weighted by molar-refractivity contribution is -0.116. The molecule has 9 heteroatoms. The summed E-state index contributed by atoms with van der Waals surface area (Å²) < 4.78 is 11.5. The van der Waals surface area contributed by atoms with Crippen LogP contribution >= 0.6 is 27.7 Å². The van der Waals surface area contributed by atoms with Gasteiger partial charge in [0, 0.05) is 10.0 Å². The van der Waals surface area contributed by atoms with Crippen molar-refractivity contribution < 1.29 is 19.1 Å². The molecule has 0 atom stereocenters. The molecular formula is C19H16BrN3O4S. The smallest absolute Gasteiger partial charge is 0.338 e. The molecule has 1 N–H and O–H groups in total. The first-order valence-corrected chi connectivity index (χ1v) is 10.1. The molecule has 1 aliphatic heterocycles. The van der Waals surface area contributed by atoms with Gasteiger partial charge in [-0.25, -0.2) is 4.79 Å². The Kier molecular flexibility index (Phi) is 6.83. The number of hydrogen-bond donors (Lipinski definition) is 1. The van der Waals surface area contributed by atoms with Gasteiger partial charge < -0.3 is 14.8 Å². The van der Waals surface area contributed by atoms with Gasteiger partial charge >= 0.3 is 5.97 Å². The van der Waals surface area contributed by atoms with E-state index in [4.69, 9.17) is 9.47 Å². The van der Waals surface area contributed by atoms with Crippen LogP contribution in [0.2, 0.25) is 0 Å². The summed E-state index contributed by atoms with van der Waals surface area (Å²) in [4.78, 5) is 22.8. The number of rotatable bonds is 6. The van der Waals surface area contributed by atoms with Crippen molar-refractivity contribution in [3.05, 3.63) is 58.1 Å². The molecule has 2 aromatic carbocycles. The minimum absolute atomic E-state index is 0.0723. The molecule has 0 aliphatic carbocycles. The number of halogens is 1. The van der Waals surface area contributed by atoms with Crippen molar-refractivity contribution in [3.63, 3.8) is 0 Å². The minimum Gasteiger partial charge on any atom is -0.462 e. The van der Waals surface area contributed by atoms with Gasteiger partial charge in [0.25, 0.3) is 0 Å². The molecule has 0 radical (unpaired) electrons. The maximum Gasteiger partial charge on any atom is 0.338 e. The molecule has 0 aromatic heterocycles. The SMILES string of the molecule is CCOC(=O)c1ccc(Oc2ccc(C=NN=C3NC(=O)CS3)c(Br)c2)cc1. The zero-order chi connectivity index (χ0) is 19.9. The van der Waals surface area contributed by atoms with E-state index in [1.54, 1.807) is 49.5 Å². The Balaban J connectivity index is 1.64. The van der Waals surface area contributed by atoms with Crippen LogP contribution in [0.5, 0.6) is 11.5 Å². The Morgan fingerprint density at radius 3 is 2.64 bits per heavy atom. The van der Waals surface area contributed by atoms with Crippen LogP contribution in [-0.4, -0.2) is 35.6 Å². The van der Waals surface area contributed by atoms with E-state index >= 15 is 0 Å². The highest BCUT2D eigenvalue weighted by Gasteiger charge is 2.16. The average Bonchev–Trinajstić information content (AvgIpc) is 3.09. The quantitative estimate of drug-likeness (QED) is 0.399. The normalized spacial score (nSPS) is 15.1. The van der Waals surface area contributed by atoms with E-state index < -0.39 is 0 Å². The molecule has 1 saturated heterocycles. The molecule has 0 spiro atoms. The van der Waals surface area contributed by atoms with Crippen LogP contribution in [0.3, 0.4) is 0 Å². The van der Waals surface area contributed by atoms with Gasteiger partial charge in [-0.1, -0.05) is 11.8 Å². The Morgan fingerprint density at radius 1 is 1.25 bits per heavy atom. The third kappa shape index (κ3) is 5.43. The van der Waals surface area contributed by atoms with Crippen LogP contribution in [0.25, 0.3) is 0 Å². The van der Waals surface area contributed by atoms with Crippen molar-refractivity contribution in [1.29, 1.82) is 0 Å². The highest BCUT2D eigenvalue weighted by Crippen LogP contribution is 2.27. The van der Waals surface area contributed by atoms with Gasteiger partial charge in [0.2, 0.25) is 5.91 Å². The lowest BCUT2D eigenvalue weighted by atomic mass is 10.2. The van der Waals surface area contributed by atoms with Gasteiger partial charge in [0.1, 0.15) is 11.5 Å². The molecule has 0 saturated carbocycles. The summed E-state index contributed by atoms with van der Waals surface area (Å²) in [5.41, 5.74) is 1.28. The van der Waals surface area contributed by atoms with Crippen LogP contribution in [0.1, 0.15) is 22.8 Å². The van der Waals surface area contributed by atoms with Gasteiger partial charge in [-0.05, 0) is 65.3 Å². The first kappa shape index (κ1) is 20.1. The number of benzene rings is 2. The molecule has 144 valence electrons. The number of amides is 1.